The summed E-state index contributed by atoms with van der Waals surface area (Å²) in [7, 11) is 13.2. The molecule has 3 aromatic rings. The molecule has 43 heavy (non-hydrogen) atoms. The second-order valence-corrected chi connectivity index (χ2v) is 20.9. The van der Waals surface area contributed by atoms with Crippen LogP contribution in [0.2, 0.25) is 0 Å². The van der Waals surface area contributed by atoms with Gasteiger partial charge in [0.25, 0.3) is 0 Å². The molecule has 3 aromatic carbocycles. The third-order valence-electron chi connectivity index (χ3n) is 8.43. The van der Waals surface area contributed by atoms with Crippen LogP contribution in [0.3, 0.4) is 0 Å². The van der Waals surface area contributed by atoms with E-state index < -0.39 is 21.4 Å². The fourth-order valence-corrected chi connectivity index (χ4v) is 11.8. The minimum absolute atomic E-state index is 0.0810. The molecule has 3 rings (SSSR count). The van der Waals surface area contributed by atoms with Crippen molar-refractivity contribution < 1.29 is 21.4 Å². The monoisotopic (exact) mass is 615 g/mol. The first-order chi connectivity index (χ1) is 19.7. The minimum atomic E-state index is -2.71. The van der Waals surface area contributed by atoms with Crippen molar-refractivity contribution >= 4 is 9.96 Å². The Bertz CT molecular complexity index is 1210. The van der Waals surface area contributed by atoms with Crippen LogP contribution < -0.4 is 9.96 Å². The summed E-state index contributed by atoms with van der Waals surface area (Å²) in [6, 6.07) is 22.4. The first-order valence-corrected chi connectivity index (χ1v) is 18.7. The fraction of sp³-hybridized carbons (Fsp3) is 0.538. The summed E-state index contributed by atoms with van der Waals surface area (Å²) in [6.45, 7) is 24.1. The van der Waals surface area contributed by atoms with Gasteiger partial charge >= 0.3 is 275 Å². The molecule has 0 aromatic heterocycles. The SMILES string of the molecule is CN(C)Cc1ccc(C(C)(C)C)c[c]1[Sc]([c]1cc(C(C)(C)C)ccc1CN(C)C)[c]1cc(C(C)(C)C)ccc1CN(C)C. The summed E-state index contributed by atoms with van der Waals surface area (Å²) < 4.78 is 4.85. The molecule has 0 fully saturated rings. The molecule has 0 aliphatic rings. The van der Waals surface area contributed by atoms with Crippen LogP contribution in [0.25, 0.3) is 0 Å². The quantitative estimate of drug-likeness (QED) is 0.267. The Balaban J connectivity index is 2.59. The average molecular weight is 616 g/mol. The van der Waals surface area contributed by atoms with Crippen molar-refractivity contribution in [3.63, 3.8) is 0 Å². The maximum atomic E-state index is 2.62. The van der Waals surface area contributed by atoms with E-state index in [0.717, 1.165) is 19.6 Å². The molecule has 0 saturated heterocycles. The third-order valence-corrected chi connectivity index (χ3v) is 13.9. The molecule has 234 valence electrons. The van der Waals surface area contributed by atoms with Crippen LogP contribution in [0.5, 0.6) is 0 Å². The molecule has 0 atom stereocenters. The summed E-state index contributed by atoms with van der Waals surface area (Å²) in [5.41, 5.74) is 8.99. The van der Waals surface area contributed by atoms with Gasteiger partial charge in [0.15, 0.2) is 0 Å². The molecular formula is C39H60N3Sc. The molecule has 0 amide bonds. The molecule has 0 spiro atoms. The third kappa shape index (κ3) is 9.45. The van der Waals surface area contributed by atoms with E-state index in [1.807, 2.05) is 0 Å². The Morgan fingerprint density at radius 3 is 0.837 bits per heavy atom. The van der Waals surface area contributed by atoms with Gasteiger partial charge in [-0.2, -0.15) is 0 Å². The first-order valence-electron chi connectivity index (χ1n) is 16.0. The molecule has 3 nitrogen and oxygen atoms in total. The molecule has 0 radical (unpaired) electrons. The normalized spacial score (nSPS) is 13.0. The van der Waals surface area contributed by atoms with Crippen molar-refractivity contribution in [2.75, 3.05) is 42.3 Å². The van der Waals surface area contributed by atoms with Gasteiger partial charge in [-0.1, -0.05) is 0 Å². The molecular weight excluding hydrogens is 555 g/mol. The Labute approximate surface area is 273 Å². The van der Waals surface area contributed by atoms with Crippen LogP contribution >= 0.6 is 0 Å². The van der Waals surface area contributed by atoms with E-state index in [0.29, 0.717) is 0 Å². The van der Waals surface area contributed by atoms with Crippen molar-refractivity contribution in [1.82, 2.24) is 14.7 Å². The molecule has 0 bridgehead atoms. The Morgan fingerprint density at radius 1 is 0.419 bits per heavy atom. The van der Waals surface area contributed by atoms with E-state index in [4.69, 9.17) is 0 Å². The second kappa shape index (κ2) is 13.8. The van der Waals surface area contributed by atoms with Crippen molar-refractivity contribution in [1.29, 1.82) is 0 Å². The molecule has 4 heteroatoms. The van der Waals surface area contributed by atoms with Crippen LogP contribution in [0.1, 0.15) is 95.7 Å². The number of rotatable bonds is 9. The molecule has 0 unspecified atom stereocenters. The Hall–Kier alpha value is -1.59. The van der Waals surface area contributed by atoms with Crippen LogP contribution in [0.4, 0.5) is 0 Å². The van der Waals surface area contributed by atoms with Gasteiger partial charge in [-0.05, 0) is 0 Å². The standard InChI is InChI=1S/3C13H20N.Sc/c3*1-13(2,3)12-8-6-11(7-9-12)10-14(4)5;/h3*6,8-9H,10H2,1-5H3;. The van der Waals surface area contributed by atoms with E-state index in [1.165, 1.54) is 33.4 Å². The van der Waals surface area contributed by atoms with Gasteiger partial charge in [-0.15, -0.1) is 0 Å². The predicted octanol–water partition coefficient (Wildman–Crippen LogP) is 6.66. The summed E-state index contributed by atoms with van der Waals surface area (Å²) in [5.74, 6) is 0. The zero-order chi connectivity index (χ0) is 32.5. The van der Waals surface area contributed by atoms with Gasteiger partial charge in [0.2, 0.25) is 0 Å². The molecule has 0 heterocycles. The Morgan fingerprint density at radius 2 is 0.651 bits per heavy atom. The maximum absolute atomic E-state index is 2.71. The van der Waals surface area contributed by atoms with Crippen molar-refractivity contribution in [3.8, 4) is 0 Å². The zero-order valence-electron chi connectivity index (χ0n) is 30.2. The van der Waals surface area contributed by atoms with E-state index >= 15 is 0 Å². The van der Waals surface area contributed by atoms with Crippen molar-refractivity contribution in [2.45, 2.75) is 98.2 Å². The van der Waals surface area contributed by atoms with Gasteiger partial charge in [0, 0.05) is 0 Å². The number of nitrogens with zero attached hydrogens (tertiary/aromatic N) is 3. The molecule has 0 saturated carbocycles. The fourth-order valence-electron chi connectivity index (χ4n) is 5.95. The Kier molecular flexibility index (Phi) is 11.5. The summed E-state index contributed by atoms with van der Waals surface area (Å²) in [6.07, 6.45) is 0. The number of benzene rings is 3. The second-order valence-electron chi connectivity index (χ2n) is 16.6. The van der Waals surface area contributed by atoms with E-state index in [-0.39, 0.29) is 16.2 Å². The molecule has 0 aliphatic heterocycles. The van der Waals surface area contributed by atoms with E-state index in [2.05, 4.69) is 174 Å². The molecule has 0 aliphatic carbocycles. The summed E-state index contributed by atoms with van der Waals surface area (Å²) in [4.78, 5) is 7.02. The van der Waals surface area contributed by atoms with Crippen LogP contribution in [-0.2, 0) is 57.3 Å². The summed E-state index contributed by atoms with van der Waals surface area (Å²) in [5, 5.41) is 0. The summed E-state index contributed by atoms with van der Waals surface area (Å²) >= 11 is -2.71. The van der Waals surface area contributed by atoms with Gasteiger partial charge in [0.1, 0.15) is 0 Å². The zero-order valence-corrected chi connectivity index (χ0v) is 32.0. The first kappa shape index (κ1) is 35.9. The predicted molar refractivity (Wildman–Crippen MR) is 187 cm³/mol. The van der Waals surface area contributed by atoms with Gasteiger partial charge in [0.05, 0.1) is 0 Å². The number of hydrogen-bond acceptors (Lipinski definition) is 3. The van der Waals surface area contributed by atoms with Gasteiger partial charge < -0.3 is 0 Å². The topological polar surface area (TPSA) is 9.72 Å². The van der Waals surface area contributed by atoms with Crippen molar-refractivity contribution in [3.05, 3.63) is 88.0 Å². The molecule has 0 N–H and O–H groups in total. The van der Waals surface area contributed by atoms with E-state index in [1.54, 1.807) is 9.96 Å². The number of hydrogen-bond donors (Lipinski definition) is 0. The van der Waals surface area contributed by atoms with Crippen LogP contribution in [0, 0.1) is 0 Å². The van der Waals surface area contributed by atoms with Gasteiger partial charge in [-0.3, -0.25) is 0 Å². The van der Waals surface area contributed by atoms with Crippen LogP contribution in [0.15, 0.2) is 54.6 Å². The average Bonchev–Trinajstić information content (AvgIpc) is 2.83. The van der Waals surface area contributed by atoms with Crippen molar-refractivity contribution in [2.24, 2.45) is 0 Å². The van der Waals surface area contributed by atoms with Gasteiger partial charge in [-0.25, -0.2) is 0 Å². The van der Waals surface area contributed by atoms with E-state index in [9.17, 15) is 0 Å². The van der Waals surface area contributed by atoms with Crippen LogP contribution in [-0.4, -0.2) is 57.0 Å².